The van der Waals surface area contributed by atoms with E-state index in [1.54, 1.807) is 0 Å². The molecule has 0 bridgehead atoms. The van der Waals surface area contributed by atoms with Crippen LogP contribution in [0.1, 0.15) is 32.1 Å². The van der Waals surface area contributed by atoms with E-state index in [-0.39, 0.29) is 5.91 Å². The van der Waals surface area contributed by atoms with Crippen LogP contribution in [0.25, 0.3) is 0 Å². The van der Waals surface area contributed by atoms with Crippen molar-refractivity contribution < 1.29 is 4.79 Å². The van der Waals surface area contributed by atoms with E-state index in [0.29, 0.717) is 12.5 Å². The number of carbonyl (C=O) groups is 1. The van der Waals surface area contributed by atoms with Crippen molar-refractivity contribution in [2.24, 2.45) is 5.84 Å². The van der Waals surface area contributed by atoms with Crippen molar-refractivity contribution in [3.63, 3.8) is 0 Å². The maximum atomic E-state index is 11.1. The molecule has 76 valence electrons. The summed E-state index contributed by atoms with van der Waals surface area (Å²) in [4.78, 5) is 13.3. The molecule has 0 aliphatic carbocycles. The molecule has 1 rings (SSSR count). The first-order valence-electron chi connectivity index (χ1n) is 4.93. The van der Waals surface area contributed by atoms with Crippen LogP contribution in [0.4, 0.5) is 0 Å². The molecule has 1 heterocycles. The molecule has 0 aromatic heterocycles. The van der Waals surface area contributed by atoms with Gasteiger partial charge in [-0.15, -0.1) is 0 Å². The smallest absolute Gasteiger partial charge is 0.235 e. The zero-order valence-electron chi connectivity index (χ0n) is 8.25. The maximum Gasteiger partial charge on any atom is 0.235 e. The van der Waals surface area contributed by atoms with Crippen molar-refractivity contribution in [3.8, 4) is 0 Å². The Kier molecular flexibility index (Phi) is 4.18. The van der Waals surface area contributed by atoms with Gasteiger partial charge in [0, 0.05) is 12.5 Å². The van der Waals surface area contributed by atoms with Gasteiger partial charge in [-0.1, -0.05) is 12.8 Å². The van der Waals surface area contributed by atoms with Crippen molar-refractivity contribution in [1.29, 1.82) is 0 Å². The Morgan fingerprint density at radius 3 is 3.00 bits per heavy atom. The maximum absolute atomic E-state index is 11.1. The summed E-state index contributed by atoms with van der Waals surface area (Å²) in [6.45, 7) is 1.10. The average Bonchev–Trinajstić information content (AvgIpc) is 2.32. The first-order valence-corrected chi connectivity index (χ1v) is 4.93. The second-order valence-electron chi connectivity index (χ2n) is 3.76. The van der Waals surface area contributed by atoms with E-state index in [9.17, 15) is 4.79 Å². The van der Waals surface area contributed by atoms with Crippen LogP contribution in [-0.4, -0.2) is 30.4 Å². The van der Waals surface area contributed by atoms with Gasteiger partial charge in [-0.3, -0.25) is 10.2 Å². The highest BCUT2D eigenvalue weighted by Gasteiger charge is 2.19. The molecule has 0 saturated carbocycles. The van der Waals surface area contributed by atoms with Crippen LogP contribution in [0.2, 0.25) is 0 Å². The Labute approximate surface area is 79.4 Å². The summed E-state index contributed by atoms with van der Waals surface area (Å²) in [6, 6.07) is 0.381. The number of carbonyl (C=O) groups excluding carboxylic acids is 1. The summed E-state index contributed by atoms with van der Waals surface area (Å²) in [6.07, 6.45) is 5.41. The summed E-state index contributed by atoms with van der Waals surface area (Å²) >= 11 is 0. The topological polar surface area (TPSA) is 58.4 Å². The quantitative estimate of drug-likeness (QED) is 0.368. The molecule has 0 aromatic carbocycles. The van der Waals surface area contributed by atoms with Crippen LogP contribution in [0.3, 0.4) is 0 Å². The van der Waals surface area contributed by atoms with Crippen molar-refractivity contribution in [2.75, 3.05) is 13.6 Å². The molecule has 1 amide bonds. The first-order chi connectivity index (χ1) is 6.24. The molecular weight excluding hydrogens is 166 g/mol. The van der Waals surface area contributed by atoms with Crippen LogP contribution in [-0.2, 0) is 4.79 Å². The minimum Gasteiger partial charge on any atom is -0.303 e. The largest absolute Gasteiger partial charge is 0.303 e. The van der Waals surface area contributed by atoms with Crippen LogP contribution in [0.15, 0.2) is 0 Å². The zero-order chi connectivity index (χ0) is 9.68. The molecule has 1 atom stereocenters. The lowest BCUT2D eigenvalue weighted by molar-refractivity contribution is -0.122. The predicted molar refractivity (Wildman–Crippen MR) is 51.8 cm³/mol. The van der Waals surface area contributed by atoms with Crippen molar-refractivity contribution in [3.05, 3.63) is 0 Å². The van der Waals surface area contributed by atoms with Crippen LogP contribution in [0.5, 0.6) is 0 Å². The molecule has 4 heteroatoms. The molecular formula is C9H19N3O. The first kappa shape index (κ1) is 10.5. The molecule has 0 spiro atoms. The number of rotatable bonds is 2. The van der Waals surface area contributed by atoms with Crippen LogP contribution in [0, 0.1) is 0 Å². The summed E-state index contributed by atoms with van der Waals surface area (Å²) in [5, 5.41) is 0. The van der Waals surface area contributed by atoms with Gasteiger partial charge in [-0.2, -0.15) is 0 Å². The third-order valence-electron chi connectivity index (χ3n) is 2.75. The third-order valence-corrected chi connectivity index (χ3v) is 2.75. The molecule has 1 unspecified atom stereocenters. The lowest BCUT2D eigenvalue weighted by Crippen LogP contribution is -2.38. The summed E-state index contributed by atoms with van der Waals surface area (Å²) < 4.78 is 0. The van der Waals surface area contributed by atoms with Gasteiger partial charge in [0.2, 0.25) is 5.91 Å². The lowest BCUT2D eigenvalue weighted by atomic mass is 10.1. The minimum atomic E-state index is -0.0567. The Balaban J connectivity index is 2.40. The average molecular weight is 185 g/mol. The van der Waals surface area contributed by atoms with E-state index in [1.807, 2.05) is 0 Å². The van der Waals surface area contributed by atoms with Crippen LogP contribution >= 0.6 is 0 Å². The third kappa shape index (κ3) is 3.32. The monoisotopic (exact) mass is 185 g/mol. The number of nitrogens with two attached hydrogens (primary N) is 1. The molecule has 3 N–H and O–H groups in total. The van der Waals surface area contributed by atoms with Gasteiger partial charge in [0.25, 0.3) is 0 Å². The number of likely N-dealkylation sites (tertiary alicyclic amines) is 1. The Bertz CT molecular complexity index is 172. The number of hydrogen-bond donors (Lipinski definition) is 2. The van der Waals surface area contributed by atoms with E-state index >= 15 is 0 Å². The van der Waals surface area contributed by atoms with E-state index in [2.05, 4.69) is 17.4 Å². The van der Waals surface area contributed by atoms with E-state index in [0.717, 1.165) is 13.0 Å². The fourth-order valence-corrected chi connectivity index (χ4v) is 1.85. The van der Waals surface area contributed by atoms with Gasteiger partial charge >= 0.3 is 0 Å². The zero-order valence-corrected chi connectivity index (χ0v) is 8.25. The number of amides is 1. The highest BCUT2D eigenvalue weighted by molar-refractivity contribution is 5.75. The molecule has 1 saturated heterocycles. The van der Waals surface area contributed by atoms with Gasteiger partial charge in [-0.05, 0) is 26.4 Å². The second kappa shape index (κ2) is 5.19. The number of nitrogens with one attached hydrogen (secondary N) is 1. The SMILES string of the molecule is CN1CCCCCC1CC(=O)NN. The van der Waals surface area contributed by atoms with Crippen molar-refractivity contribution >= 4 is 5.91 Å². The molecule has 13 heavy (non-hydrogen) atoms. The van der Waals surface area contributed by atoms with Gasteiger partial charge in [0.05, 0.1) is 0 Å². The molecule has 1 aliphatic rings. The second-order valence-corrected chi connectivity index (χ2v) is 3.76. The lowest BCUT2D eigenvalue weighted by Gasteiger charge is -2.24. The fraction of sp³-hybridized carbons (Fsp3) is 0.889. The highest BCUT2D eigenvalue weighted by Crippen LogP contribution is 2.17. The van der Waals surface area contributed by atoms with E-state index in [1.165, 1.54) is 19.3 Å². The van der Waals surface area contributed by atoms with Gasteiger partial charge in [0.15, 0.2) is 0 Å². The number of hydrogen-bond acceptors (Lipinski definition) is 3. The molecule has 0 aromatic rings. The highest BCUT2D eigenvalue weighted by atomic mass is 16.2. The molecule has 1 aliphatic heterocycles. The summed E-state index contributed by atoms with van der Waals surface area (Å²) in [5.41, 5.74) is 2.19. The van der Waals surface area contributed by atoms with Gasteiger partial charge in [-0.25, -0.2) is 5.84 Å². The fourth-order valence-electron chi connectivity index (χ4n) is 1.85. The number of nitrogens with zero attached hydrogens (tertiary/aromatic N) is 1. The van der Waals surface area contributed by atoms with Crippen molar-refractivity contribution in [2.45, 2.75) is 38.1 Å². The molecule has 0 radical (unpaired) electrons. The Morgan fingerprint density at radius 2 is 2.31 bits per heavy atom. The minimum absolute atomic E-state index is 0.0567. The summed E-state index contributed by atoms with van der Waals surface area (Å²) in [5.74, 6) is 5.00. The van der Waals surface area contributed by atoms with Gasteiger partial charge < -0.3 is 4.90 Å². The molecule has 4 nitrogen and oxygen atoms in total. The van der Waals surface area contributed by atoms with E-state index in [4.69, 9.17) is 5.84 Å². The predicted octanol–water partition coefficient (Wildman–Crippen LogP) is 0.241. The normalized spacial score (nSPS) is 25.2. The van der Waals surface area contributed by atoms with Crippen LogP contribution < -0.4 is 11.3 Å². The molecule has 1 fully saturated rings. The van der Waals surface area contributed by atoms with E-state index < -0.39 is 0 Å². The standard InChI is InChI=1S/C9H19N3O/c1-12-6-4-2-3-5-8(12)7-9(13)11-10/h8H,2-7,10H2,1H3,(H,11,13). The van der Waals surface area contributed by atoms with Crippen molar-refractivity contribution in [1.82, 2.24) is 10.3 Å². The van der Waals surface area contributed by atoms with Gasteiger partial charge in [0.1, 0.15) is 0 Å². The number of hydrazine groups is 1. The summed E-state index contributed by atoms with van der Waals surface area (Å²) in [7, 11) is 2.08. The Morgan fingerprint density at radius 1 is 1.54 bits per heavy atom. The Hall–Kier alpha value is -0.610.